The number of carbonyl (C=O) groups excluding carboxylic acids is 1. The first-order chi connectivity index (χ1) is 8.06. The molecule has 0 unspecified atom stereocenters. The summed E-state index contributed by atoms with van der Waals surface area (Å²) in [5.41, 5.74) is 0.808. The van der Waals surface area contributed by atoms with E-state index in [1.807, 2.05) is 23.9 Å². The fourth-order valence-electron chi connectivity index (χ4n) is 1.90. The molecule has 1 saturated carbocycles. The molecule has 2 rings (SSSR count). The molecule has 1 aromatic heterocycles. The van der Waals surface area contributed by atoms with Gasteiger partial charge in [0.1, 0.15) is 16.8 Å². The van der Waals surface area contributed by atoms with Crippen molar-refractivity contribution >= 4 is 28.8 Å². The Morgan fingerprint density at radius 2 is 2.29 bits per heavy atom. The van der Waals surface area contributed by atoms with E-state index >= 15 is 0 Å². The highest BCUT2D eigenvalue weighted by Crippen LogP contribution is 2.32. The van der Waals surface area contributed by atoms with Crippen molar-refractivity contribution in [2.24, 2.45) is 4.99 Å². The first kappa shape index (κ1) is 12.0. The van der Waals surface area contributed by atoms with E-state index in [1.54, 1.807) is 13.1 Å². The van der Waals surface area contributed by atoms with Crippen LogP contribution in [0.3, 0.4) is 0 Å². The highest BCUT2D eigenvalue weighted by Gasteiger charge is 2.30. The largest absolute Gasteiger partial charge is 0.308 e. The molecule has 90 valence electrons. The van der Waals surface area contributed by atoms with Gasteiger partial charge in [-0.1, -0.05) is 11.6 Å². The summed E-state index contributed by atoms with van der Waals surface area (Å²) in [5.74, 6) is 1.48. The Kier molecular flexibility index (Phi) is 3.43. The zero-order chi connectivity index (χ0) is 12.4. The Morgan fingerprint density at radius 3 is 2.88 bits per heavy atom. The maximum Gasteiger partial charge on any atom is 0.134 e. The summed E-state index contributed by atoms with van der Waals surface area (Å²) in [6.07, 6.45) is 6.67. The first-order valence-corrected chi connectivity index (χ1v) is 5.87. The quantitative estimate of drug-likeness (QED) is 0.776. The van der Waals surface area contributed by atoms with Gasteiger partial charge in [-0.3, -0.25) is 4.79 Å². The SMILES string of the molecule is CC(Cl)=N/C(C)=C\n1ccnc1C1CC(=O)C1. The number of ketones is 1. The summed E-state index contributed by atoms with van der Waals surface area (Å²) in [6, 6.07) is 0. The van der Waals surface area contributed by atoms with Crippen LogP contribution in [0.2, 0.25) is 0 Å². The smallest absolute Gasteiger partial charge is 0.134 e. The summed E-state index contributed by atoms with van der Waals surface area (Å²) in [4.78, 5) is 19.4. The molecule has 0 radical (unpaired) electrons. The van der Waals surface area contributed by atoms with Crippen molar-refractivity contribution in [1.82, 2.24) is 9.55 Å². The lowest BCUT2D eigenvalue weighted by Gasteiger charge is -2.23. The molecule has 1 heterocycles. The van der Waals surface area contributed by atoms with E-state index in [4.69, 9.17) is 11.6 Å². The molecular formula is C12H14ClN3O. The molecule has 4 nitrogen and oxygen atoms in total. The highest BCUT2D eigenvalue weighted by atomic mass is 35.5. The summed E-state index contributed by atoms with van der Waals surface area (Å²) in [5, 5.41) is 0.499. The molecule has 5 heteroatoms. The monoisotopic (exact) mass is 251 g/mol. The van der Waals surface area contributed by atoms with Gasteiger partial charge in [0, 0.05) is 37.4 Å². The summed E-state index contributed by atoms with van der Waals surface area (Å²) >= 11 is 5.71. The standard InChI is InChI=1S/C12H14ClN3O/c1-8(15-9(2)13)7-16-4-3-14-12(16)10-5-11(17)6-10/h3-4,7,10H,5-6H2,1-2H3/b8-7-,15-9?. The Bertz CT molecular complexity index is 490. The second-order valence-corrected chi connectivity index (χ2v) is 4.76. The average molecular weight is 252 g/mol. The third-order valence-electron chi connectivity index (χ3n) is 2.67. The predicted molar refractivity (Wildman–Crippen MR) is 68.1 cm³/mol. The summed E-state index contributed by atoms with van der Waals surface area (Å²) in [6.45, 7) is 3.61. The number of aromatic nitrogens is 2. The number of hydrogen-bond donors (Lipinski definition) is 0. The van der Waals surface area contributed by atoms with Gasteiger partial charge in [0.05, 0.1) is 5.70 Å². The maximum atomic E-state index is 11.0. The number of Topliss-reactive ketones (excluding diaryl/α,β-unsaturated/α-hetero) is 1. The van der Waals surface area contributed by atoms with Gasteiger partial charge >= 0.3 is 0 Å². The van der Waals surface area contributed by atoms with Crippen molar-refractivity contribution < 1.29 is 4.79 Å². The van der Waals surface area contributed by atoms with Crippen LogP contribution < -0.4 is 0 Å². The van der Waals surface area contributed by atoms with Gasteiger partial charge in [-0.15, -0.1) is 0 Å². The number of allylic oxidation sites excluding steroid dienone is 1. The van der Waals surface area contributed by atoms with E-state index in [-0.39, 0.29) is 5.92 Å². The van der Waals surface area contributed by atoms with E-state index in [9.17, 15) is 4.79 Å². The number of imidazole rings is 1. The molecule has 1 fully saturated rings. The maximum absolute atomic E-state index is 11.0. The Morgan fingerprint density at radius 1 is 1.59 bits per heavy atom. The van der Waals surface area contributed by atoms with Crippen molar-refractivity contribution in [1.29, 1.82) is 0 Å². The summed E-state index contributed by atoms with van der Waals surface area (Å²) in [7, 11) is 0. The van der Waals surface area contributed by atoms with Crippen LogP contribution in [0, 0.1) is 0 Å². The van der Waals surface area contributed by atoms with Gasteiger partial charge in [-0.25, -0.2) is 9.98 Å². The lowest BCUT2D eigenvalue weighted by molar-refractivity contribution is -0.124. The number of hydrogen-bond acceptors (Lipinski definition) is 3. The number of carbonyl (C=O) groups is 1. The third-order valence-corrected chi connectivity index (χ3v) is 2.75. The van der Waals surface area contributed by atoms with E-state index in [1.165, 1.54) is 0 Å². The van der Waals surface area contributed by atoms with Crippen LogP contribution in [-0.2, 0) is 4.79 Å². The van der Waals surface area contributed by atoms with Crippen molar-refractivity contribution in [2.75, 3.05) is 0 Å². The molecule has 17 heavy (non-hydrogen) atoms. The fourth-order valence-corrected chi connectivity index (χ4v) is 2.03. The molecule has 0 amide bonds. The normalized spacial score (nSPS) is 18.4. The Labute approximate surface area is 105 Å². The summed E-state index contributed by atoms with van der Waals surface area (Å²) < 4.78 is 1.91. The molecule has 0 saturated heterocycles. The topological polar surface area (TPSA) is 47.2 Å². The molecule has 0 atom stereocenters. The van der Waals surface area contributed by atoms with Gasteiger partial charge in [-0.2, -0.15) is 0 Å². The minimum atomic E-state index is 0.252. The van der Waals surface area contributed by atoms with Crippen molar-refractivity contribution in [3.05, 3.63) is 23.9 Å². The van der Waals surface area contributed by atoms with Crippen molar-refractivity contribution in [2.45, 2.75) is 32.6 Å². The lowest BCUT2D eigenvalue weighted by Crippen LogP contribution is -2.23. The number of nitrogens with zero attached hydrogens (tertiary/aromatic N) is 3. The van der Waals surface area contributed by atoms with E-state index in [0.29, 0.717) is 23.8 Å². The van der Waals surface area contributed by atoms with E-state index < -0.39 is 0 Å². The molecule has 1 aliphatic rings. The molecule has 0 spiro atoms. The van der Waals surface area contributed by atoms with Crippen LogP contribution in [0.15, 0.2) is 23.1 Å². The van der Waals surface area contributed by atoms with Gasteiger partial charge in [0.15, 0.2) is 0 Å². The van der Waals surface area contributed by atoms with Gasteiger partial charge in [0.2, 0.25) is 0 Å². The molecule has 0 N–H and O–H groups in total. The zero-order valence-electron chi connectivity index (χ0n) is 9.85. The van der Waals surface area contributed by atoms with Gasteiger partial charge in [-0.05, 0) is 13.8 Å². The van der Waals surface area contributed by atoms with Crippen LogP contribution in [0.5, 0.6) is 0 Å². The lowest BCUT2D eigenvalue weighted by atomic mass is 9.83. The molecule has 0 aromatic carbocycles. The third kappa shape index (κ3) is 2.82. The Balaban J connectivity index is 2.20. The first-order valence-electron chi connectivity index (χ1n) is 5.50. The molecular weight excluding hydrogens is 238 g/mol. The van der Waals surface area contributed by atoms with E-state index in [2.05, 4.69) is 9.98 Å². The molecule has 1 aromatic rings. The minimum Gasteiger partial charge on any atom is -0.308 e. The van der Waals surface area contributed by atoms with E-state index in [0.717, 1.165) is 11.5 Å². The van der Waals surface area contributed by atoms with Crippen molar-refractivity contribution in [3.63, 3.8) is 0 Å². The molecule has 0 bridgehead atoms. The number of aliphatic imine (C=N–C) groups is 1. The predicted octanol–water partition coefficient (Wildman–Crippen LogP) is 2.81. The van der Waals surface area contributed by atoms with Gasteiger partial charge < -0.3 is 4.57 Å². The molecule has 0 aliphatic heterocycles. The van der Waals surface area contributed by atoms with Crippen LogP contribution in [0.4, 0.5) is 0 Å². The fraction of sp³-hybridized carbons (Fsp3) is 0.417. The molecule has 1 aliphatic carbocycles. The number of halogens is 1. The van der Waals surface area contributed by atoms with Crippen molar-refractivity contribution in [3.8, 4) is 0 Å². The van der Waals surface area contributed by atoms with Crippen LogP contribution in [-0.4, -0.2) is 20.5 Å². The zero-order valence-corrected chi connectivity index (χ0v) is 10.6. The Hall–Kier alpha value is -1.42. The van der Waals surface area contributed by atoms with Crippen LogP contribution in [0.1, 0.15) is 38.4 Å². The van der Waals surface area contributed by atoms with Gasteiger partial charge in [0.25, 0.3) is 0 Å². The second kappa shape index (κ2) is 4.84. The average Bonchev–Trinajstić information content (AvgIpc) is 2.59. The highest BCUT2D eigenvalue weighted by molar-refractivity contribution is 6.64. The van der Waals surface area contributed by atoms with Crippen LogP contribution >= 0.6 is 11.6 Å². The minimum absolute atomic E-state index is 0.252. The second-order valence-electron chi connectivity index (χ2n) is 4.22. The van der Waals surface area contributed by atoms with Crippen LogP contribution in [0.25, 0.3) is 6.20 Å². The number of rotatable bonds is 3.